The highest BCUT2D eigenvalue weighted by atomic mass is 19.1. The van der Waals surface area contributed by atoms with Gasteiger partial charge in [-0.05, 0) is 37.6 Å². The molecule has 1 amide bonds. The summed E-state index contributed by atoms with van der Waals surface area (Å²) in [5.74, 6) is 0.446. The first-order valence-corrected chi connectivity index (χ1v) is 9.32. The zero-order valence-electron chi connectivity index (χ0n) is 15.9. The Morgan fingerprint density at radius 3 is 2.59 bits per heavy atom. The molecule has 0 atom stereocenters. The van der Waals surface area contributed by atoms with Crippen LogP contribution in [0.2, 0.25) is 0 Å². The lowest BCUT2D eigenvalue weighted by atomic mass is 10.1. The normalized spacial score (nSPS) is 14.9. The van der Waals surface area contributed by atoms with Gasteiger partial charge in [0.1, 0.15) is 11.6 Å². The number of hydrogen-bond donors (Lipinski definition) is 1. The van der Waals surface area contributed by atoms with Crippen molar-refractivity contribution in [3.05, 3.63) is 53.8 Å². The topological polar surface area (TPSA) is 44.8 Å². The number of aryl methyl sites for hydroxylation is 1. The molecular weight excluding hydrogens is 345 g/mol. The van der Waals surface area contributed by atoms with Crippen LogP contribution in [-0.2, 0) is 4.79 Å². The highest BCUT2D eigenvalue weighted by Crippen LogP contribution is 2.24. The summed E-state index contributed by atoms with van der Waals surface area (Å²) in [4.78, 5) is 16.5. The SMILES string of the molecule is CCOc1ccccc1NC(=O)CN1CCN(c2cccc(C)c2F)CC1. The van der Waals surface area contributed by atoms with Gasteiger partial charge < -0.3 is 15.0 Å². The van der Waals surface area contributed by atoms with Crippen LogP contribution in [0.25, 0.3) is 0 Å². The van der Waals surface area contributed by atoms with Crippen LogP contribution >= 0.6 is 0 Å². The number of ether oxygens (including phenoxy) is 1. The lowest BCUT2D eigenvalue weighted by Gasteiger charge is -2.36. The number of anilines is 2. The van der Waals surface area contributed by atoms with Crippen molar-refractivity contribution in [2.45, 2.75) is 13.8 Å². The average molecular weight is 371 g/mol. The molecule has 1 aliphatic heterocycles. The third kappa shape index (κ3) is 4.77. The molecule has 0 radical (unpaired) electrons. The number of rotatable bonds is 6. The summed E-state index contributed by atoms with van der Waals surface area (Å²) >= 11 is 0. The van der Waals surface area contributed by atoms with E-state index in [0.717, 1.165) is 0 Å². The number of hydrogen-bond acceptors (Lipinski definition) is 4. The number of benzene rings is 2. The van der Waals surface area contributed by atoms with E-state index in [4.69, 9.17) is 4.74 Å². The summed E-state index contributed by atoms with van der Waals surface area (Å²) in [6.45, 7) is 7.37. The van der Waals surface area contributed by atoms with Gasteiger partial charge in [-0.1, -0.05) is 24.3 Å². The van der Waals surface area contributed by atoms with Gasteiger partial charge in [0.05, 0.1) is 24.5 Å². The van der Waals surface area contributed by atoms with Gasteiger partial charge in [-0.25, -0.2) is 4.39 Å². The Hall–Kier alpha value is -2.60. The Morgan fingerprint density at radius 1 is 1.11 bits per heavy atom. The Bertz CT molecular complexity index is 789. The number of amides is 1. The van der Waals surface area contributed by atoms with E-state index in [1.165, 1.54) is 0 Å². The standard InChI is InChI=1S/C21H26FN3O2/c1-3-27-19-10-5-4-8-17(19)23-20(26)15-24-11-13-25(14-12-24)18-9-6-7-16(2)21(18)22/h4-10H,3,11-15H2,1-2H3,(H,23,26). The van der Waals surface area contributed by atoms with Crippen LogP contribution in [0.1, 0.15) is 12.5 Å². The summed E-state index contributed by atoms with van der Waals surface area (Å²) in [6, 6.07) is 12.9. The maximum atomic E-state index is 14.3. The van der Waals surface area contributed by atoms with Crippen molar-refractivity contribution in [2.75, 3.05) is 49.5 Å². The molecule has 2 aromatic carbocycles. The monoisotopic (exact) mass is 371 g/mol. The summed E-state index contributed by atoms with van der Waals surface area (Å²) in [5.41, 5.74) is 1.98. The maximum absolute atomic E-state index is 14.3. The molecule has 0 unspecified atom stereocenters. The molecule has 0 aliphatic carbocycles. The van der Waals surface area contributed by atoms with E-state index in [1.54, 1.807) is 13.0 Å². The quantitative estimate of drug-likeness (QED) is 0.846. The molecule has 0 spiro atoms. The van der Waals surface area contributed by atoms with Gasteiger partial charge in [0.2, 0.25) is 5.91 Å². The maximum Gasteiger partial charge on any atom is 0.238 e. The number of halogens is 1. The molecule has 1 aliphatic rings. The molecule has 1 heterocycles. The predicted octanol–water partition coefficient (Wildman–Crippen LogP) is 3.29. The van der Waals surface area contributed by atoms with Crippen LogP contribution in [0.15, 0.2) is 42.5 Å². The predicted molar refractivity (Wildman–Crippen MR) is 106 cm³/mol. The number of piperazine rings is 1. The lowest BCUT2D eigenvalue weighted by molar-refractivity contribution is -0.117. The summed E-state index contributed by atoms with van der Waals surface area (Å²) in [6.07, 6.45) is 0. The zero-order valence-corrected chi connectivity index (χ0v) is 15.9. The molecule has 27 heavy (non-hydrogen) atoms. The van der Waals surface area contributed by atoms with Crippen LogP contribution in [0.4, 0.5) is 15.8 Å². The Kier molecular flexibility index (Phi) is 6.29. The van der Waals surface area contributed by atoms with Crippen LogP contribution in [0.3, 0.4) is 0 Å². The molecule has 0 aromatic heterocycles. The molecule has 0 bridgehead atoms. The third-order valence-corrected chi connectivity index (χ3v) is 4.71. The first-order chi connectivity index (χ1) is 13.1. The van der Waals surface area contributed by atoms with E-state index in [2.05, 4.69) is 10.2 Å². The molecule has 1 saturated heterocycles. The molecule has 3 rings (SSSR count). The van der Waals surface area contributed by atoms with Crippen molar-refractivity contribution in [3.8, 4) is 5.75 Å². The molecular formula is C21H26FN3O2. The van der Waals surface area contributed by atoms with E-state index >= 15 is 0 Å². The van der Waals surface area contributed by atoms with Gasteiger partial charge in [-0.15, -0.1) is 0 Å². The van der Waals surface area contributed by atoms with Crippen molar-refractivity contribution in [1.29, 1.82) is 0 Å². The fraction of sp³-hybridized carbons (Fsp3) is 0.381. The first-order valence-electron chi connectivity index (χ1n) is 9.32. The molecule has 6 heteroatoms. The molecule has 5 nitrogen and oxygen atoms in total. The molecule has 0 saturated carbocycles. The van der Waals surface area contributed by atoms with Crippen molar-refractivity contribution in [1.82, 2.24) is 4.90 Å². The second-order valence-corrected chi connectivity index (χ2v) is 6.65. The minimum Gasteiger partial charge on any atom is -0.492 e. The van der Waals surface area contributed by atoms with Crippen molar-refractivity contribution in [3.63, 3.8) is 0 Å². The Morgan fingerprint density at radius 2 is 1.85 bits per heavy atom. The van der Waals surface area contributed by atoms with Gasteiger partial charge >= 0.3 is 0 Å². The van der Waals surface area contributed by atoms with Gasteiger partial charge in [-0.3, -0.25) is 9.69 Å². The van der Waals surface area contributed by atoms with Crippen LogP contribution < -0.4 is 15.0 Å². The highest BCUT2D eigenvalue weighted by molar-refractivity contribution is 5.93. The van der Waals surface area contributed by atoms with Crippen molar-refractivity contribution in [2.24, 2.45) is 0 Å². The van der Waals surface area contributed by atoms with E-state index < -0.39 is 0 Å². The number of carbonyl (C=O) groups excluding carboxylic acids is 1. The first kappa shape index (κ1) is 19.2. The molecule has 2 aromatic rings. The lowest BCUT2D eigenvalue weighted by Crippen LogP contribution is -2.49. The highest BCUT2D eigenvalue weighted by Gasteiger charge is 2.21. The van der Waals surface area contributed by atoms with Crippen molar-refractivity contribution >= 4 is 17.3 Å². The number of para-hydroxylation sites is 2. The zero-order chi connectivity index (χ0) is 19.2. The number of carbonyl (C=O) groups is 1. The molecule has 1 fully saturated rings. The molecule has 144 valence electrons. The summed E-state index contributed by atoms with van der Waals surface area (Å²) in [7, 11) is 0. The van der Waals surface area contributed by atoms with E-state index in [9.17, 15) is 9.18 Å². The number of nitrogens with one attached hydrogen (secondary N) is 1. The second kappa shape index (κ2) is 8.86. The van der Waals surface area contributed by atoms with Crippen LogP contribution in [0.5, 0.6) is 5.75 Å². The van der Waals surface area contributed by atoms with E-state index in [-0.39, 0.29) is 11.7 Å². The average Bonchev–Trinajstić information content (AvgIpc) is 2.66. The summed E-state index contributed by atoms with van der Waals surface area (Å²) in [5, 5.41) is 2.92. The van der Waals surface area contributed by atoms with Gasteiger partial charge in [0.25, 0.3) is 0 Å². The Labute approximate surface area is 159 Å². The van der Waals surface area contributed by atoms with Crippen LogP contribution in [-0.4, -0.2) is 50.1 Å². The van der Waals surface area contributed by atoms with E-state index in [1.807, 2.05) is 48.2 Å². The van der Waals surface area contributed by atoms with Gasteiger partial charge in [0.15, 0.2) is 0 Å². The van der Waals surface area contributed by atoms with E-state index in [0.29, 0.717) is 62.0 Å². The third-order valence-electron chi connectivity index (χ3n) is 4.71. The van der Waals surface area contributed by atoms with Gasteiger partial charge in [-0.2, -0.15) is 0 Å². The Balaban J connectivity index is 1.53. The summed E-state index contributed by atoms with van der Waals surface area (Å²) < 4.78 is 19.8. The fourth-order valence-electron chi connectivity index (χ4n) is 3.27. The molecule has 1 N–H and O–H groups in total. The fourth-order valence-corrected chi connectivity index (χ4v) is 3.27. The van der Waals surface area contributed by atoms with Crippen molar-refractivity contribution < 1.29 is 13.9 Å². The largest absolute Gasteiger partial charge is 0.492 e. The second-order valence-electron chi connectivity index (χ2n) is 6.65. The van der Waals surface area contributed by atoms with Crippen LogP contribution in [0, 0.1) is 12.7 Å². The number of nitrogens with zero attached hydrogens (tertiary/aromatic N) is 2. The van der Waals surface area contributed by atoms with Gasteiger partial charge in [0, 0.05) is 26.2 Å². The minimum absolute atomic E-state index is 0.0719. The smallest absolute Gasteiger partial charge is 0.238 e. The minimum atomic E-state index is -0.156.